The van der Waals surface area contributed by atoms with E-state index in [0.29, 0.717) is 0 Å². The zero-order valence-corrected chi connectivity index (χ0v) is 14.4. The number of hydrogen-bond donors (Lipinski definition) is 0. The lowest BCUT2D eigenvalue weighted by atomic mass is 10.0. The van der Waals surface area contributed by atoms with E-state index in [9.17, 15) is 0 Å². The summed E-state index contributed by atoms with van der Waals surface area (Å²) in [5, 5.41) is 0. The Kier molecular flexibility index (Phi) is 7.60. The van der Waals surface area contributed by atoms with Crippen molar-refractivity contribution in [2.45, 2.75) is 25.4 Å². The van der Waals surface area contributed by atoms with Crippen LogP contribution in [0.2, 0.25) is 0 Å². The van der Waals surface area contributed by atoms with Gasteiger partial charge in [-0.2, -0.15) is 0 Å². The van der Waals surface area contributed by atoms with Gasteiger partial charge in [0.2, 0.25) is 0 Å². The van der Waals surface area contributed by atoms with Gasteiger partial charge in [0.15, 0.2) is 0 Å². The number of rotatable bonds is 6. The second kappa shape index (κ2) is 9.71. The zero-order valence-electron chi connectivity index (χ0n) is 13.6. The largest absolute Gasteiger partial charge is 0.367 e. The van der Waals surface area contributed by atoms with Crippen LogP contribution in [0, 0.1) is 0 Å². The molecule has 1 aliphatic heterocycles. The lowest BCUT2D eigenvalue weighted by molar-refractivity contribution is 0.0557. The molecule has 3 heteroatoms. The Morgan fingerprint density at radius 3 is 1.83 bits per heavy atom. The average molecular weight is 332 g/mol. The minimum Gasteiger partial charge on any atom is -0.367 e. The first kappa shape index (κ1) is 18.0. The van der Waals surface area contributed by atoms with Gasteiger partial charge in [-0.05, 0) is 37.1 Å². The van der Waals surface area contributed by atoms with Crippen LogP contribution in [-0.2, 0) is 4.74 Å². The molecular weight excluding hydrogens is 306 g/mol. The van der Waals surface area contributed by atoms with Gasteiger partial charge < -0.3 is 9.64 Å². The van der Waals surface area contributed by atoms with E-state index in [4.69, 9.17) is 4.74 Å². The van der Waals surface area contributed by atoms with Crippen LogP contribution in [-0.4, -0.2) is 31.1 Å². The highest BCUT2D eigenvalue weighted by Crippen LogP contribution is 2.25. The minimum atomic E-state index is 0. The van der Waals surface area contributed by atoms with E-state index in [1.807, 2.05) is 0 Å². The van der Waals surface area contributed by atoms with Gasteiger partial charge in [-0.25, -0.2) is 0 Å². The molecule has 2 aromatic carbocycles. The molecule has 23 heavy (non-hydrogen) atoms. The maximum absolute atomic E-state index is 6.28. The molecule has 0 aromatic heterocycles. The summed E-state index contributed by atoms with van der Waals surface area (Å²) >= 11 is 0. The lowest BCUT2D eigenvalue weighted by Crippen LogP contribution is -2.33. The van der Waals surface area contributed by atoms with Crippen LogP contribution in [0.25, 0.3) is 0 Å². The fourth-order valence-corrected chi connectivity index (χ4v) is 3.12. The predicted molar refractivity (Wildman–Crippen MR) is 98.2 cm³/mol. The quantitative estimate of drug-likeness (QED) is 0.760. The van der Waals surface area contributed by atoms with Gasteiger partial charge in [0.05, 0.1) is 6.61 Å². The summed E-state index contributed by atoms with van der Waals surface area (Å²) in [6, 6.07) is 21.0. The lowest BCUT2D eigenvalue weighted by Gasteiger charge is -2.27. The maximum Gasteiger partial charge on any atom is 0.108 e. The molecule has 1 fully saturated rings. The van der Waals surface area contributed by atoms with Crippen molar-refractivity contribution in [1.29, 1.82) is 0 Å². The van der Waals surface area contributed by atoms with Gasteiger partial charge in [-0.3, -0.25) is 0 Å². The number of hydrogen-bond acceptors (Lipinski definition) is 2. The van der Waals surface area contributed by atoms with E-state index in [1.54, 1.807) is 0 Å². The van der Waals surface area contributed by atoms with Gasteiger partial charge in [0.25, 0.3) is 0 Å². The molecule has 0 radical (unpaired) electrons. The van der Waals surface area contributed by atoms with E-state index in [0.717, 1.165) is 13.2 Å². The molecule has 1 aliphatic rings. The predicted octanol–water partition coefficient (Wildman–Crippen LogP) is 4.70. The van der Waals surface area contributed by atoms with Gasteiger partial charge in [-0.1, -0.05) is 67.1 Å². The molecule has 2 aromatic rings. The van der Waals surface area contributed by atoms with Crippen molar-refractivity contribution in [2.75, 3.05) is 26.2 Å². The Morgan fingerprint density at radius 2 is 1.30 bits per heavy atom. The van der Waals surface area contributed by atoms with E-state index >= 15 is 0 Å². The number of halogens is 1. The molecule has 1 saturated heterocycles. The Hall–Kier alpha value is -1.35. The first-order valence-electron chi connectivity index (χ1n) is 8.37. The monoisotopic (exact) mass is 331 g/mol. The van der Waals surface area contributed by atoms with Crippen LogP contribution in [0.1, 0.15) is 36.5 Å². The molecular formula is C20H26ClNO. The topological polar surface area (TPSA) is 12.5 Å². The average Bonchev–Trinajstić information content (AvgIpc) is 2.61. The summed E-state index contributed by atoms with van der Waals surface area (Å²) in [6.07, 6.45) is 4.09. The number of likely N-dealkylation sites (tertiary alicyclic amines) is 1. The summed E-state index contributed by atoms with van der Waals surface area (Å²) in [4.78, 5) is 2.52. The van der Waals surface area contributed by atoms with Crippen LogP contribution >= 0.6 is 12.4 Å². The molecule has 0 aliphatic carbocycles. The molecule has 124 valence electrons. The smallest absolute Gasteiger partial charge is 0.108 e. The number of ether oxygens (including phenoxy) is 1. The summed E-state index contributed by atoms with van der Waals surface area (Å²) in [5.41, 5.74) is 2.46. The van der Waals surface area contributed by atoms with Gasteiger partial charge in [0, 0.05) is 6.54 Å². The molecule has 0 amide bonds. The van der Waals surface area contributed by atoms with Gasteiger partial charge >= 0.3 is 0 Å². The summed E-state index contributed by atoms with van der Waals surface area (Å²) in [7, 11) is 0. The number of benzene rings is 2. The SMILES string of the molecule is Cl.c1ccc(C(OCCN2CCCCC2)c2ccccc2)cc1. The van der Waals surface area contributed by atoms with Gasteiger partial charge in [-0.15, -0.1) is 12.4 Å². The van der Waals surface area contributed by atoms with Crippen LogP contribution in [0.15, 0.2) is 60.7 Å². The maximum atomic E-state index is 6.28. The third-order valence-corrected chi connectivity index (χ3v) is 4.35. The van der Waals surface area contributed by atoms with Crippen molar-refractivity contribution in [2.24, 2.45) is 0 Å². The zero-order chi connectivity index (χ0) is 15.0. The highest BCUT2D eigenvalue weighted by Gasteiger charge is 2.15. The molecule has 0 bridgehead atoms. The van der Waals surface area contributed by atoms with E-state index in [2.05, 4.69) is 65.6 Å². The van der Waals surface area contributed by atoms with E-state index < -0.39 is 0 Å². The third-order valence-electron chi connectivity index (χ3n) is 4.35. The molecule has 3 rings (SSSR count). The Morgan fingerprint density at radius 1 is 0.783 bits per heavy atom. The summed E-state index contributed by atoms with van der Waals surface area (Å²) in [5.74, 6) is 0. The number of nitrogens with zero attached hydrogens (tertiary/aromatic N) is 1. The van der Waals surface area contributed by atoms with E-state index in [-0.39, 0.29) is 18.5 Å². The van der Waals surface area contributed by atoms with Crippen molar-refractivity contribution in [3.8, 4) is 0 Å². The van der Waals surface area contributed by atoms with Crippen LogP contribution < -0.4 is 0 Å². The first-order valence-corrected chi connectivity index (χ1v) is 8.37. The van der Waals surface area contributed by atoms with Gasteiger partial charge in [0.1, 0.15) is 6.10 Å². The molecule has 0 saturated carbocycles. The third kappa shape index (κ3) is 5.35. The fourth-order valence-electron chi connectivity index (χ4n) is 3.12. The minimum absolute atomic E-state index is 0. The number of piperidine rings is 1. The highest BCUT2D eigenvalue weighted by atomic mass is 35.5. The highest BCUT2D eigenvalue weighted by molar-refractivity contribution is 5.85. The van der Waals surface area contributed by atoms with Crippen LogP contribution in [0.4, 0.5) is 0 Å². The standard InChI is InChI=1S/C20H25NO.ClH/c1-4-10-18(11-5-1)20(19-12-6-2-7-13-19)22-17-16-21-14-8-3-9-15-21;/h1-2,4-7,10-13,20H,3,8-9,14-17H2;1H. The fraction of sp³-hybridized carbons (Fsp3) is 0.400. The molecule has 2 nitrogen and oxygen atoms in total. The first-order chi connectivity index (χ1) is 10.9. The van der Waals surface area contributed by atoms with Crippen molar-refractivity contribution in [3.05, 3.63) is 71.8 Å². The van der Waals surface area contributed by atoms with Crippen LogP contribution in [0.3, 0.4) is 0 Å². The molecule has 0 atom stereocenters. The normalized spacial score (nSPS) is 15.3. The Bertz CT molecular complexity index is 501. The summed E-state index contributed by atoms with van der Waals surface area (Å²) in [6.45, 7) is 4.28. The van der Waals surface area contributed by atoms with Crippen molar-refractivity contribution < 1.29 is 4.74 Å². The van der Waals surface area contributed by atoms with Crippen molar-refractivity contribution in [3.63, 3.8) is 0 Å². The van der Waals surface area contributed by atoms with Crippen molar-refractivity contribution in [1.82, 2.24) is 4.90 Å². The second-order valence-electron chi connectivity index (χ2n) is 5.97. The molecule has 0 spiro atoms. The Balaban J connectivity index is 0.00000192. The molecule has 1 heterocycles. The second-order valence-corrected chi connectivity index (χ2v) is 5.97. The van der Waals surface area contributed by atoms with Crippen molar-refractivity contribution >= 4 is 12.4 Å². The molecule has 0 N–H and O–H groups in total. The van der Waals surface area contributed by atoms with Crippen LogP contribution in [0.5, 0.6) is 0 Å². The summed E-state index contributed by atoms with van der Waals surface area (Å²) < 4.78 is 6.28. The molecule has 0 unspecified atom stereocenters. The van der Waals surface area contributed by atoms with E-state index in [1.165, 1.54) is 43.5 Å². The Labute approximate surface area is 145 Å².